The highest BCUT2D eigenvalue weighted by atomic mass is 15.2. The van der Waals surface area contributed by atoms with Crippen LogP contribution in [-0.2, 0) is 0 Å². The van der Waals surface area contributed by atoms with Gasteiger partial charge in [-0.1, -0.05) is 6.92 Å². The fourth-order valence-corrected chi connectivity index (χ4v) is 4.53. The molecule has 3 fully saturated rings. The maximum atomic E-state index is 3.63. The molecule has 2 unspecified atom stereocenters. The summed E-state index contributed by atoms with van der Waals surface area (Å²) in [7, 11) is 0. The van der Waals surface area contributed by atoms with Crippen LogP contribution >= 0.6 is 0 Å². The fourth-order valence-electron chi connectivity index (χ4n) is 4.53. The predicted molar refractivity (Wildman–Crippen MR) is 89.6 cm³/mol. The van der Waals surface area contributed by atoms with Crippen molar-refractivity contribution in [3.8, 4) is 0 Å². The van der Waals surface area contributed by atoms with E-state index in [1.54, 1.807) is 0 Å². The van der Waals surface area contributed by atoms with Crippen LogP contribution in [0.2, 0.25) is 0 Å². The van der Waals surface area contributed by atoms with Crippen LogP contribution in [-0.4, -0.2) is 61.7 Å². The van der Waals surface area contributed by atoms with Crippen LogP contribution < -0.4 is 5.32 Å². The van der Waals surface area contributed by atoms with E-state index in [9.17, 15) is 0 Å². The van der Waals surface area contributed by atoms with Gasteiger partial charge in [-0.25, -0.2) is 0 Å². The minimum atomic E-state index is 0.905. The second-order valence-corrected chi connectivity index (χ2v) is 7.60. The first kappa shape index (κ1) is 15.8. The molecule has 1 saturated carbocycles. The maximum Gasteiger partial charge on any atom is 0.0136 e. The number of likely N-dealkylation sites (tertiary alicyclic amines) is 2. The van der Waals surface area contributed by atoms with Crippen LogP contribution in [0.5, 0.6) is 0 Å². The quantitative estimate of drug-likeness (QED) is 0.728. The molecule has 122 valence electrons. The Balaban J connectivity index is 1.35. The van der Waals surface area contributed by atoms with Gasteiger partial charge in [-0.15, -0.1) is 0 Å². The Morgan fingerprint density at radius 3 is 2.33 bits per heavy atom. The predicted octanol–water partition coefficient (Wildman–Crippen LogP) is 2.57. The van der Waals surface area contributed by atoms with Crippen LogP contribution in [0.1, 0.15) is 51.9 Å². The number of nitrogens with zero attached hydrogens (tertiary/aromatic N) is 2. The number of hydrogen-bond donors (Lipinski definition) is 1. The lowest BCUT2D eigenvalue weighted by molar-refractivity contribution is 0.0301. The lowest BCUT2D eigenvalue weighted by Gasteiger charge is -2.47. The molecule has 3 nitrogen and oxygen atoms in total. The third-order valence-electron chi connectivity index (χ3n) is 6.04. The first-order valence-electron chi connectivity index (χ1n) is 9.54. The zero-order valence-electron chi connectivity index (χ0n) is 14.0. The monoisotopic (exact) mass is 293 g/mol. The Morgan fingerprint density at radius 2 is 1.71 bits per heavy atom. The lowest BCUT2D eigenvalue weighted by atomic mass is 9.77. The number of piperidine rings is 1. The topological polar surface area (TPSA) is 18.5 Å². The zero-order chi connectivity index (χ0) is 14.5. The molecule has 0 aromatic carbocycles. The minimum absolute atomic E-state index is 0.905. The summed E-state index contributed by atoms with van der Waals surface area (Å²) in [6.45, 7) is 11.6. The van der Waals surface area contributed by atoms with Crippen LogP contribution in [0.25, 0.3) is 0 Å². The van der Waals surface area contributed by atoms with Crippen molar-refractivity contribution in [1.29, 1.82) is 0 Å². The number of nitrogens with one attached hydrogen (secondary N) is 1. The Kier molecular flexibility index (Phi) is 5.96. The second-order valence-electron chi connectivity index (χ2n) is 7.60. The molecule has 0 aromatic heterocycles. The average molecular weight is 293 g/mol. The first-order chi connectivity index (χ1) is 10.4. The van der Waals surface area contributed by atoms with E-state index >= 15 is 0 Å². The van der Waals surface area contributed by atoms with Gasteiger partial charge in [0.25, 0.3) is 0 Å². The van der Waals surface area contributed by atoms with E-state index in [0.717, 1.165) is 17.9 Å². The summed E-state index contributed by atoms with van der Waals surface area (Å²) < 4.78 is 0. The summed E-state index contributed by atoms with van der Waals surface area (Å²) in [6, 6.07) is 0.905. The Morgan fingerprint density at radius 1 is 0.952 bits per heavy atom. The summed E-state index contributed by atoms with van der Waals surface area (Å²) >= 11 is 0. The molecule has 0 bridgehead atoms. The van der Waals surface area contributed by atoms with Crippen LogP contribution in [0.3, 0.4) is 0 Å². The smallest absolute Gasteiger partial charge is 0.0136 e. The standard InChI is InChI=1S/C18H35N3/c1-2-9-19-14-17-5-6-18(17)21-12-7-16(8-13-21)15-20-10-3-4-11-20/h16-19H,2-15H2,1H3. The van der Waals surface area contributed by atoms with Gasteiger partial charge in [-0.2, -0.15) is 0 Å². The molecule has 3 heteroatoms. The highest BCUT2D eigenvalue weighted by Crippen LogP contribution is 2.34. The van der Waals surface area contributed by atoms with E-state index in [4.69, 9.17) is 0 Å². The van der Waals surface area contributed by atoms with E-state index in [2.05, 4.69) is 22.0 Å². The van der Waals surface area contributed by atoms with Crippen molar-refractivity contribution in [3.05, 3.63) is 0 Å². The molecule has 3 aliphatic rings. The van der Waals surface area contributed by atoms with Gasteiger partial charge < -0.3 is 15.1 Å². The molecule has 0 amide bonds. The Bertz CT molecular complexity index is 293. The second kappa shape index (κ2) is 7.94. The molecule has 0 spiro atoms. The van der Waals surface area contributed by atoms with Gasteiger partial charge in [0.2, 0.25) is 0 Å². The molecule has 0 aromatic rings. The van der Waals surface area contributed by atoms with Crippen molar-refractivity contribution in [2.24, 2.45) is 11.8 Å². The first-order valence-corrected chi connectivity index (χ1v) is 9.54. The third-order valence-corrected chi connectivity index (χ3v) is 6.04. The Labute approximate surface area is 131 Å². The highest BCUT2D eigenvalue weighted by Gasteiger charge is 2.36. The molecular formula is C18H35N3. The van der Waals surface area contributed by atoms with E-state index in [1.807, 2.05) is 0 Å². The normalized spacial score (nSPS) is 32.4. The van der Waals surface area contributed by atoms with Gasteiger partial charge in [0, 0.05) is 12.6 Å². The minimum Gasteiger partial charge on any atom is -0.316 e. The van der Waals surface area contributed by atoms with Crippen LogP contribution in [0.15, 0.2) is 0 Å². The van der Waals surface area contributed by atoms with E-state index in [-0.39, 0.29) is 0 Å². The fraction of sp³-hybridized carbons (Fsp3) is 1.00. The van der Waals surface area contributed by atoms with Gasteiger partial charge >= 0.3 is 0 Å². The summed E-state index contributed by atoms with van der Waals surface area (Å²) in [5, 5.41) is 3.63. The maximum absolute atomic E-state index is 3.63. The van der Waals surface area contributed by atoms with E-state index in [1.165, 1.54) is 90.8 Å². The van der Waals surface area contributed by atoms with Gasteiger partial charge in [0.15, 0.2) is 0 Å². The summed E-state index contributed by atoms with van der Waals surface area (Å²) in [4.78, 5) is 5.53. The van der Waals surface area contributed by atoms with Crippen LogP contribution in [0, 0.1) is 11.8 Å². The summed E-state index contributed by atoms with van der Waals surface area (Å²) in [5.41, 5.74) is 0. The average Bonchev–Trinajstić information content (AvgIpc) is 2.97. The SMILES string of the molecule is CCCNCC1CCC1N1CCC(CN2CCCC2)CC1. The van der Waals surface area contributed by atoms with Gasteiger partial charge in [0.05, 0.1) is 0 Å². The molecular weight excluding hydrogens is 258 g/mol. The summed E-state index contributed by atoms with van der Waals surface area (Å²) in [6.07, 6.45) is 9.94. The van der Waals surface area contributed by atoms with E-state index in [0.29, 0.717) is 0 Å². The van der Waals surface area contributed by atoms with Crippen molar-refractivity contribution in [2.75, 3.05) is 45.8 Å². The number of hydrogen-bond acceptors (Lipinski definition) is 3. The van der Waals surface area contributed by atoms with Crippen LogP contribution in [0.4, 0.5) is 0 Å². The molecule has 2 aliphatic heterocycles. The van der Waals surface area contributed by atoms with Gasteiger partial charge in [-0.3, -0.25) is 0 Å². The van der Waals surface area contributed by atoms with Crippen molar-refractivity contribution in [2.45, 2.75) is 57.9 Å². The van der Waals surface area contributed by atoms with Gasteiger partial charge in [0.1, 0.15) is 0 Å². The Hall–Kier alpha value is -0.120. The van der Waals surface area contributed by atoms with E-state index < -0.39 is 0 Å². The summed E-state index contributed by atoms with van der Waals surface area (Å²) in [5.74, 6) is 1.92. The number of rotatable bonds is 7. The molecule has 2 heterocycles. The molecule has 1 aliphatic carbocycles. The molecule has 2 atom stereocenters. The lowest BCUT2D eigenvalue weighted by Crippen LogP contribution is -2.53. The van der Waals surface area contributed by atoms with Crippen molar-refractivity contribution in [1.82, 2.24) is 15.1 Å². The molecule has 0 radical (unpaired) electrons. The van der Waals surface area contributed by atoms with Crippen molar-refractivity contribution in [3.63, 3.8) is 0 Å². The molecule has 1 N–H and O–H groups in total. The van der Waals surface area contributed by atoms with Crippen molar-refractivity contribution < 1.29 is 0 Å². The zero-order valence-corrected chi connectivity index (χ0v) is 14.0. The third kappa shape index (κ3) is 4.20. The molecule has 3 rings (SSSR count). The van der Waals surface area contributed by atoms with Gasteiger partial charge in [-0.05, 0) is 96.1 Å². The molecule has 2 saturated heterocycles. The van der Waals surface area contributed by atoms with Crippen molar-refractivity contribution >= 4 is 0 Å². The highest BCUT2D eigenvalue weighted by molar-refractivity contribution is 4.92. The molecule has 21 heavy (non-hydrogen) atoms. The largest absolute Gasteiger partial charge is 0.316 e.